The van der Waals surface area contributed by atoms with Crippen LogP contribution >= 0.6 is 11.6 Å². The minimum atomic E-state index is -0.311. The van der Waals surface area contributed by atoms with Crippen LogP contribution in [-0.4, -0.2) is 15.5 Å². The largest absolute Gasteiger partial charge is 0.324 e. The Bertz CT molecular complexity index is 950. The summed E-state index contributed by atoms with van der Waals surface area (Å²) >= 11 is 5.93. The highest BCUT2D eigenvalue weighted by atomic mass is 35.5. The summed E-state index contributed by atoms with van der Waals surface area (Å²) in [6.45, 7) is 1.76. The molecule has 1 aromatic heterocycles. The summed E-state index contributed by atoms with van der Waals surface area (Å²) in [5.74, 6) is -0.311. The fourth-order valence-electron chi connectivity index (χ4n) is 2.29. The maximum absolute atomic E-state index is 12.4. The molecule has 1 heterocycles. The van der Waals surface area contributed by atoms with Crippen LogP contribution < -0.4 is 10.9 Å². The van der Waals surface area contributed by atoms with E-state index < -0.39 is 0 Å². The second-order valence-electron chi connectivity index (χ2n) is 5.20. The molecule has 23 heavy (non-hydrogen) atoms. The number of aromatic nitrogens is 2. The molecule has 0 aliphatic rings. The van der Waals surface area contributed by atoms with Gasteiger partial charge in [-0.1, -0.05) is 29.8 Å². The number of nitrogens with one attached hydrogen (secondary N) is 1. The first kappa shape index (κ1) is 15.2. The zero-order valence-corrected chi connectivity index (χ0v) is 13.2. The van der Waals surface area contributed by atoms with Crippen molar-refractivity contribution in [3.8, 4) is 0 Å². The molecule has 3 rings (SSSR count). The van der Waals surface area contributed by atoms with Gasteiger partial charge in [-0.25, -0.2) is 4.98 Å². The van der Waals surface area contributed by atoms with Crippen LogP contribution in [0.4, 0.5) is 5.69 Å². The molecule has 1 N–H and O–H groups in total. The van der Waals surface area contributed by atoms with Gasteiger partial charge in [-0.05, 0) is 36.8 Å². The lowest BCUT2D eigenvalue weighted by atomic mass is 10.2. The van der Waals surface area contributed by atoms with Gasteiger partial charge in [-0.3, -0.25) is 14.2 Å². The van der Waals surface area contributed by atoms with E-state index in [2.05, 4.69) is 10.3 Å². The number of nitrogens with zero attached hydrogens (tertiary/aromatic N) is 2. The van der Waals surface area contributed by atoms with E-state index in [4.69, 9.17) is 11.6 Å². The van der Waals surface area contributed by atoms with Gasteiger partial charge in [0.2, 0.25) is 5.91 Å². The number of halogens is 1. The number of anilines is 1. The summed E-state index contributed by atoms with van der Waals surface area (Å²) in [5.41, 5.74) is 1.89. The quantitative estimate of drug-likeness (QED) is 0.804. The molecular formula is C17H14ClN3O2. The Morgan fingerprint density at radius 2 is 2.04 bits per heavy atom. The van der Waals surface area contributed by atoms with Gasteiger partial charge in [0.05, 0.1) is 17.2 Å². The molecule has 0 aliphatic heterocycles. The van der Waals surface area contributed by atoms with Crippen LogP contribution in [0.15, 0.2) is 53.6 Å². The van der Waals surface area contributed by atoms with Gasteiger partial charge in [0.15, 0.2) is 0 Å². The van der Waals surface area contributed by atoms with Crippen LogP contribution in [0.1, 0.15) is 5.56 Å². The maximum Gasteiger partial charge on any atom is 0.261 e. The van der Waals surface area contributed by atoms with Gasteiger partial charge >= 0.3 is 0 Å². The molecule has 0 fully saturated rings. The average molecular weight is 328 g/mol. The number of para-hydroxylation sites is 1. The van der Waals surface area contributed by atoms with Crippen molar-refractivity contribution in [1.82, 2.24) is 9.55 Å². The van der Waals surface area contributed by atoms with E-state index >= 15 is 0 Å². The fraction of sp³-hybridized carbons (Fsp3) is 0.118. The molecule has 6 heteroatoms. The number of carbonyl (C=O) groups excluding carboxylic acids is 1. The molecule has 3 aromatic rings. The van der Waals surface area contributed by atoms with E-state index in [0.29, 0.717) is 21.6 Å². The smallest absolute Gasteiger partial charge is 0.261 e. The van der Waals surface area contributed by atoms with Gasteiger partial charge in [0.25, 0.3) is 5.56 Å². The molecule has 2 aromatic carbocycles. The van der Waals surface area contributed by atoms with E-state index in [9.17, 15) is 9.59 Å². The Labute approximate surface area is 137 Å². The monoisotopic (exact) mass is 327 g/mol. The molecule has 0 aliphatic carbocycles. The van der Waals surface area contributed by atoms with Crippen molar-refractivity contribution in [2.45, 2.75) is 13.5 Å². The molecule has 116 valence electrons. The minimum absolute atomic E-state index is 0.109. The summed E-state index contributed by atoms with van der Waals surface area (Å²) in [5, 5.41) is 3.79. The number of hydrogen-bond acceptors (Lipinski definition) is 3. The van der Waals surface area contributed by atoms with E-state index in [0.717, 1.165) is 5.56 Å². The number of fused-ring (bicyclic) bond motifs is 1. The Kier molecular flexibility index (Phi) is 4.12. The first-order valence-corrected chi connectivity index (χ1v) is 7.42. The van der Waals surface area contributed by atoms with Gasteiger partial charge in [-0.2, -0.15) is 0 Å². The molecule has 5 nitrogen and oxygen atoms in total. The predicted octanol–water partition coefficient (Wildman–Crippen LogP) is 3.00. The van der Waals surface area contributed by atoms with Crippen molar-refractivity contribution >= 4 is 34.1 Å². The molecule has 0 saturated carbocycles. The Morgan fingerprint density at radius 3 is 2.87 bits per heavy atom. The van der Waals surface area contributed by atoms with Crippen molar-refractivity contribution in [3.05, 3.63) is 69.7 Å². The van der Waals surface area contributed by atoms with E-state index in [1.165, 1.54) is 10.9 Å². The summed E-state index contributed by atoms with van der Waals surface area (Å²) in [6.07, 6.45) is 1.38. The molecule has 0 bridgehead atoms. The number of aryl methyl sites for hydroxylation is 1. The van der Waals surface area contributed by atoms with E-state index in [1.54, 1.807) is 30.3 Å². The molecule has 1 amide bonds. The maximum atomic E-state index is 12.4. The lowest BCUT2D eigenvalue weighted by molar-refractivity contribution is -0.116. The molecular weight excluding hydrogens is 314 g/mol. The summed E-state index contributed by atoms with van der Waals surface area (Å²) in [6, 6.07) is 12.3. The number of benzene rings is 2. The molecule has 0 spiro atoms. The number of hydrogen-bond donors (Lipinski definition) is 1. The standard InChI is InChI=1S/C17H14ClN3O2/c1-11-6-7-12(18)8-15(11)20-16(22)9-21-10-19-14-5-3-2-4-13(14)17(21)23/h2-8,10H,9H2,1H3,(H,20,22). The van der Waals surface area contributed by atoms with Crippen LogP contribution in [-0.2, 0) is 11.3 Å². The summed E-state index contributed by atoms with van der Waals surface area (Å²) in [4.78, 5) is 28.7. The third kappa shape index (κ3) is 3.24. The first-order valence-electron chi connectivity index (χ1n) is 7.05. The Hall–Kier alpha value is -2.66. The number of carbonyl (C=O) groups is 1. The summed E-state index contributed by atoms with van der Waals surface area (Å²) in [7, 11) is 0. The van der Waals surface area contributed by atoms with Gasteiger partial charge in [-0.15, -0.1) is 0 Å². The first-order chi connectivity index (χ1) is 11.0. The van der Waals surface area contributed by atoms with Gasteiger partial charge in [0.1, 0.15) is 6.54 Å². The topological polar surface area (TPSA) is 64.0 Å². The lowest BCUT2D eigenvalue weighted by Gasteiger charge is -2.10. The molecule has 0 radical (unpaired) electrons. The van der Waals surface area contributed by atoms with E-state index in [-0.39, 0.29) is 18.0 Å². The van der Waals surface area contributed by atoms with Crippen molar-refractivity contribution < 1.29 is 4.79 Å². The van der Waals surface area contributed by atoms with Gasteiger partial charge < -0.3 is 5.32 Å². The molecule has 0 unspecified atom stereocenters. The van der Waals surface area contributed by atoms with Crippen molar-refractivity contribution in [2.75, 3.05) is 5.32 Å². The third-order valence-electron chi connectivity index (χ3n) is 3.52. The van der Waals surface area contributed by atoms with Gasteiger partial charge in [0, 0.05) is 10.7 Å². The second kappa shape index (κ2) is 6.22. The fourth-order valence-corrected chi connectivity index (χ4v) is 2.46. The van der Waals surface area contributed by atoms with Crippen LogP contribution in [0.2, 0.25) is 5.02 Å². The van der Waals surface area contributed by atoms with Crippen LogP contribution in [0, 0.1) is 6.92 Å². The zero-order valence-electron chi connectivity index (χ0n) is 12.4. The number of rotatable bonds is 3. The zero-order chi connectivity index (χ0) is 16.4. The highest BCUT2D eigenvalue weighted by molar-refractivity contribution is 6.31. The van der Waals surface area contributed by atoms with Crippen molar-refractivity contribution in [1.29, 1.82) is 0 Å². The van der Waals surface area contributed by atoms with Crippen LogP contribution in [0.3, 0.4) is 0 Å². The average Bonchev–Trinajstić information content (AvgIpc) is 2.54. The highest BCUT2D eigenvalue weighted by Gasteiger charge is 2.09. The SMILES string of the molecule is Cc1ccc(Cl)cc1NC(=O)Cn1cnc2ccccc2c1=O. The van der Waals surface area contributed by atoms with Crippen molar-refractivity contribution in [2.24, 2.45) is 0 Å². The van der Waals surface area contributed by atoms with Crippen LogP contribution in [0.25, 0.3) is 10.9 Å². The lowest BCUT2D eigenvalue weighted by Crippen LogP contribution is -2.28. The molecule has 0 saturated heterocycles. The Balaban J connectivity index is 1.84. The normalized spacial score (nSPS) is 10.7. The molecule has 0 atom stereocenters. The third-order valence-corrected chi connectivity index (χ3v) is 3.75. The number of amides is 1. The summed E-state index contributed by atoms with van der Waals surface area (Å²) < 4.78 is 1.29. The second-order valence-corrected chi connectivity index (χ2v) is 5.64. The minimum Gasteiger partial charge on any atom is -0.324 e. The predicted molar refractivity (Wildman–Crippen MR) is 90.8 cm³/mol. The van der Waals surface area contributed by atoms with Crippen molar-refractivity contribution in [3.63, 3.8) is 0 Å². The highest BCUT2D eigenvalue weighted by Crippen LogP contribution is 2.20. The van der Waals surface area contributed by atoms with Crippen LogP contribution in [0.5, 0.6) is 0 Å². The van der Waals surface area contributed by atoms with E-state index in [1.807, 2.05) is 19.1 Å². The Morgan fingerprint density at radius 1 is 1.26 bits per heavy atom.